The molecule has 0 N–H and O–H groups in total. The van der Waals surface area contributed by atoms with Gasteiger partial charge in [-0.3, -0.25) is 0 Å². The van der Waals surface area contributed by atoms with Crippen molar-refractivity contribution < 1.29 is 34.1 Å². The van der Waals surface area contributed by atoms with Crippen molar-refractivity contribution in [2.24, 2.45) is 0 Å². The van der Waals surface area contributed by atoms with Gasteiger partial charge in [-0.2, -0.15) is 36.4 Å². The van der Waals surface area contributed by atoms with Crippen LogP contribution in [0.1, 0.15) is 27.7 Å². The van der Waals surface area contributed by atoms with Crippen LogP contribution in [0.15, 0.2) is 60.7 Å². The standard InChI is InChI=1S/C7H13.2C5H5.2Mn/c1-6(2)5-7(3)4;2*1-2-4-5-3-1;;/h5H,1-4H3;2*1-5H;;/q;2*-1;;. The fraction of sp³-hybridized carbons (Fsp3) is 0.235. The molecule has 2 aromatic rings. The Morgan fingerprint density at radius 1 is 0.632 bits per heavy atom. The molecule has 0 spiro atoms. The molecule has 19 heavy (non-hydrogen) atoms. The largest absolute Gasteiger partial charge is 0.214 e. The molecular weight excluding hydrogens is 314 g/mol. The van der Waals surface area contributed by atoms with Crippen molar-refractivity contribution in [2.75, 3.05) is 0 Å². The van der Waals surface area contributed by atoms with Crippen LogP contribution >= 0.6 is 0 Å². The molecule has 0 aliphatic heterocycles. The van der Waals surface area contributed by atoms with E-state index in [1.165, 1.54) is 11.8 Å². The fourth-order valence-corrected chi connectivity index (χ4v) is 1.22. The third-order valence-electron chi connectivity index (χ3n) is 1.69. The van der Waals surface area contributed by atoms with Gasteiger partial charge in [0.05, 0.1) is 0 Å². The molecule has 0 aliphatic rings. The van der Waals surface area contributed by atoms with Crippen LogP contribution in [-0.2, 0) is 34.1 Å². The van der Waals surface area contributed by atoms with Crippen LogP contribution < -0.4 is 0 Å². The van der Waals surface area contributed by atoms with E-state index in [4.69, 9.17) is 0 Å². The van der Waals surface area contributed by atoms with E-state index < -0.39 is 0 Å². The minimum atomic E-state index is 0. The Kier molecular flexibility index (Phi) is 22.2. The van der Waals surface area contributed by atoms with Gasteiger partial charge in [-0.1, -0.05) is 27.7 Å². The molecule has 107 valence electrons. The minimum absolute atomic E-state index is 0. The van der Waals surface area contributed by atoms with Crippen LogP contribution in [0.3, 0.4) is 0 Å². The van der Waals surface area contributed by atoms with Crippen molar-refractivity contribution in [3.8, 4) is 0 Å². The molecule has 0 bridgehead atoms. The molecule has 0 saturated carbocycles. The summed E-state index contributed by atoms with van der Waals surface area (Å²) in [5.74, 6) is 2.75. The van der Waals surface area contributed by atoms with Gasteiger partial charge in [0, 0.05) is 34.1 Å². The Morgan fingerprint density at radius 3 is 0.947 bits per heavy atom. The van der Waals surface area contributed by atoms with E-state index in [0.717, 1.165) is 0 Å². The Hall–Kier alpha value is -0.261. The normalized spacial score (nSPS) is 8.32. The monoisotopic (exact) mass is 337 g/mol. The summed E-state index contributed by atoms with van der Waals surface area (Å²) in [7, 11) is 0. The Morgan fingerprint density at radius 2 is 0.895 bits per heavy atom. The van der Waals surface area contributed by atoms with E-state index in [-0.39, 0.29) is 34.1 Å². The summed E-state index contributed by atoms with van der Waals surface area (Å²) in [5, 5.41) is 0. The van der Waals surface area contributed by atoms with Crippen LogP contribution in [0.25, 0.3) is 0 Å². The van der Waals surface area contributed by atoms with Crippen molar-refractivity contribution >= 4 is 0 Å². The molecule has 0 fully saturated rings. The first kappa shape index (κ1) is 23.8. The molecule has 0 amide bonds. The molecule has 2 heteroatoms. The van der Waals surface area contributed by atoms with Gasteiger partial charge in [-0.05, 0) is 18.3 Å². The van der Waals surface area contributed by atoms with Crippen LogP contribution in [0.2, 0.25) is 0 Å². The first-order valence-electron chi connectivity index (χ1n) is 5.91. The smallest absolute Gasteiger partial charge is 0 e. The average molecular weight is 337 g/mol. The zero-order chi connectivity index (χ0) is 12.9. The van der Waals surface area contributed by atoms with E-state index in [0.29, 0.717) is 0 Å². The first-order valence-corrected chi connectivity index (χ1v) is 5.91. The predicted molar refractivity (Wildman–Crippen MR) is 77.6 cm³/mol. The molecule has 0 aliphatic carbocycles. The number of hydrogen-bond acceptors (Lipinski definition) is 0. The Labute approximate surface area is 140 Å². The van der Waals surface area contributed by atoms with E-state index in [1.54, 1.807) is 0 Å². The van der Waals surface area contributed by atoms with Gasteiger partial charge in [-0.15, -0.1) is 0 Å². The van der Waals surface area contributed by atoms with E-state index in [1.807, 2.05) is 60.7 Å². The summed E-state index contributed by atoms with van der Waals surface area (Å²) >= 11 is 0. The van der Waals surface area contributed by atoms with Crippen molar-refractivity contribution in [3.63, 3.8) is 0 Å². The topological polar surface area (TPSA) is 0 Å². The van der Waals surface area contributed by atoms with E-state index >= 15 is 0 Å². The SMILES string of the molecule is C[C](C)[CH][C](C)C.[Mn].[Mn].c1cc[cH-]c1.c1cc[cH-]c1. The second-order valence-electron chi connectivity index (χ2n) is 4.22. The number of hydrogen-bond donors (Lipinski definition) is 0. The summed E-state index contributed by atoms with van der Waals surface area (Å²) in [6, 6.07) is 20.0. The average Bonchev–Trinajstić information content (AvgIpc) is 2.96. The van der Waals surface area contributed by atoms with Gasteiger partial charge in [-0.25, -0.2) is 24.3 Å². The van der Waals surface area contributed by atoms with Gasteiger partial charge < -0.3 is 0 Å². The second kappa shape index (κ2) is 17.7. The zero-order valence-corrected chi connectivity index (χ0v) is 14.5. The third-order valence-corrected chi connectivity index (χ3v) is 1.69. The Bertz CT molecular complexity index is 227. The summed E-state index contributed by atoms with van der Waals surface area (Å²) in [6.07, 6.45) is 2.17. The molecule has 0 nitrogen and oxygen atoms in total. The molecule has 0 aromatic heterocycles. The van der Waals surface area contributed by atoms with Gasteiger partial charge in [0.2, 0.25) is 0 Å². The molecule has 2 aromatic carbocycles. The van der Waals surface area contributed by atoms with Gasteiger partial charge in [0.15, 0.2) is 0 Å². The van der Waals surface area contributed by atoms with Gasteiger partial charge in [0.1, 0.15) is 0 Å². The van der Waals surface area contributed by atoms with Crippen LogP contribution in [0.5, 0.6) is 0 Å². The summed E-state index contributed by atoms with van der Waals surface area (Å²) < 4.78 is 0. The molecule has 0 unspecified atom stereocenters. The summed E-state index contributed by atoms with van der Waals surface area (Å²) in [4.78, 5) is 0. The molecule has 5 radical (unpaired) electrons. The van der Waals surface area contributed by atoms with Crippen LogP contribution in [0.4, 0.5) is 0 Å². The van der Waals surface area contributed by atoms with Gasteiger partial charge >= 0.3 is 0 Å². The molecule has 2 rings (SSSR count). The number of rotatable bonds is 2. The zero-order valence-electron chi connectivity index (χ0n) is 12.1. The first-order chi connectivity index (χ1) is 8.13. The minimum Gasteiger partial charge on any atom is -0.214 e. The maximum atomic E-state index is 2.17. The van der Waals surface area contributed by atoms with Crippen LogP contribution in [-0.4, -0.2) is 0 Å². The maximum Gasteiger partial charge on any atom is 0 e. The summed E-state index contributed by atoms with van der Waals surface area (Å²) in [5.41, 5.74) is 0. The van der Waals surface area contributed by atoms with E-state index in [2.05, 4.69) is 34.1 Å². The second-order valence-corrected chi connectivity index (χ2v) is 4.22. The molecule has 0 saturated heterocycles. The van der Waals surface area contributed by atoms with E-state index in [9.17, 15) is 0 Å². The van der Waals surface area contributed by atoms with Crippen molar-refractivity contribution in [3.05, 3.63) is 78.9 Å². The van der Waals surface area contributed by atoms with Crippen molar-refractivity contribution in [1.82, 2.24) is 0 Å². The van der Waals surface area contributed by atoms with Gasteiger partial charge in [0.25, 0.3) is 0 Å². The fourth-order valence-electron chi connectivity index (χ4n) is 1.22. The van der Waals surface area contributed by atoms with Crippen LogP contribution in [0, 0.1) is 18.3 Å². The molecule has 0 heterocycles. The quantitative estimate of drug-likeness (QED) is 0.520. The maximum absolute atomic E-state index is 2.17. The Balaban J connectivity index is -0.000000194. The summed E-state index contributed by atoms with van der Waals surface area (Å²) in [6.45, 7) is 8.42. The predicted octanol–water partition coefficient (Wildman–Crippen LogP) is 5.23. The molecule has 0 atom stereocenters. The van der Waals surface area contributed by atoms with Crippen molar-refractivity contribution in [1.29, 1.82) is 0 Å². The third kappa shape index (κ3) is 23.3. The van der Waals surface area contributed by atoms with Crippen molar-refractivity contribution in [2.45, 2.75) is 27.7 Å². The molecular formula is C17H23Mn2-2.